The molecule has 3 N–H and O–H groups in total. The van der Waals surface area contributed by atoms with Gasteiger partial charge in [-0.3, -0.25) is 4.79 Å². The molecular formula is C12H17ClN2O2. The first-order chi connectivity index (χ1) is 7.99. The Morgan fingerprint density at radius 3 is 2.82 bits per heavy atom. The van der Waals surface area contributed by atoms with Crippen molar-refractivity contribution >= 4 is 23.2 Å². The lowest BCUT2D eigenvalue weighted by Gasteiger charge is -2.10. The number of anilines is 1. The van der Waals surface area contributed by atoms with Gasteiger partial charge in [-0.15, -0.1) is 0 Å². The van der Waals surface area contributed by atoms with Gasteiger partial charge in [0.2, 0.25) is 0 Å². The zero-order valence-electron chi connectivity index (χ0n) is 10.00. The van der Waals surface area contributed by atoms with Gasteiger partial charge in [0.15, 0.2) is 6.61 Å². The fourth-order valence-corrected chi connectivity index (χ4v) is 1.39. The van der Waals surface area contributed by atoms with Crippen LogP contribution >= 0.6 is 11.6 Å². The zero-order chi connectivity index (χ0) is 12.8. The van der Waals surface area contributed by atoms with Gasteiger partial charge in [-0.25, -0.2) is 0 Å². The summed E-state index contributed by atoms with van der Waals surface area (Å²) in [6, 6.07) is 4.91. The van der Waals surface area contributed by atoms with Gasteiger partial charge in [-0.05, 0) is 24.1 Å². The fourth-order valence-electron chi connectivity index (χ4n) is 1.15. The topological polar surface area (TPSA) is 64.3 Å². The molecule has 0 saturated carbocycles. The van der Waals surface area contributed by atoms with Crippen molar-refractivity contribution in [1.29, 1.82) is 0 Å². The molecule has 1 aromatic carbocycles. The van der Waals surface area contributed by atoms with Gasteiger partial charge in [0.1, 0.15) is 5.75 Å². The Morgan fingerprint density at radius 1 is 1.53 bits per heavy atom. The van der Waals surface area contributed by atoms with Crippen LogP contribution in [0.15, 0.2) is 18.2 Å². The third-order valence-corrected chi connectivity index (χ3v) is 2.32. The van der Waals surface area contributed by atoms with Crippen LogP contribution in [0, 0.1) is 5.92 Å². The third kappa shape index (κ3) is 4.95. The van der Waals surface area contributed by atoms with Gasteiger partial charge in [-0.2, -0.15) is 0 Å². The van der Waals surface area contributed by atoms with Crippen LogP contribution in [-0.4, -0.2) is 19.1 Å². The van der Waals surface area contributed by atoms with E-state index in [4.69, 9.17) is 22.1 Å². The highest BCUT2D eigenvalue weighted by atomic mass is 35.5. The van der Waals surface area contributed by atoms with Crippen molar-refractivity contribution < 1.29 is 9.53 Å². The second-order valence-electron chi connectivity index (χ2n) is 4.18. The fraction of sp³-hybridized carbons (Fsp3) is 0.417. The van der Waals surface area contributed by atoms with E-state index < -0.39 is 0 Å². The van der Waals surface area contributed by atoms with Crippen LogP contribution in [0.5, 0.6) is 5.75 Å². The Labute approximate surface area is 106 Å². The van der Waals surface area contributed by atoms with E-state index in [1.165, 1.54) is 0 Å². The maximum absolute atomic E-state index is 11.4. The average molecular weight is 257 g/mol. The molecule has 0 aliphatic carbocycles. The van der Waals surface area contributed by atoms with E-state index in [9.17, 15) is 4.79 Å². The lowest BCUT2D eigenvalue weighted by Crippen LogP contribution is -2.31. The highest BCUT2D eigenvalue weighted by molar-refractivity contribution is 6.32. The maximum atomic E-state index is 11.4. The van der Waals surface area contributed by atoms with Crippen LogP contribution in [-0.2, 0) is 4.79 Å². The van der Waals surface area contributed by atoms with Gasteiger partial charge < -0.3 is 15.8 Å². The molecule has 4 nitrogen and oxygen atoms in total. The highest BCUT2D eigenvalue weighted by Crippen LogP contribution is 2.26. The predicted molar refractivity (Wildman–Crippen MR) is 69.2 cm³/mol. The standard InChI is InChI=1S/C12H17ClN2O2/c1-8(2)6-15-12(16)7-17-11-4-3-9(14)5-10(11)13/h3-5,8H,6-7,14H2,1-2H3,(H,15,16). The molecule has 1 rings (SSSR count). The zero-order valence-corrected chi connectivity index (χ0v) is 10.8. The van der Waals surface area contributed by atoms with Crippen molar-refractivity contribution in [2.75, 3.05) is 18.9 Å². The Balaban J connectivity index is 2.42. The summed E-state index contributed by atoms with van der Waals surface area (Å²) in [5.41, 5.74) is 6.11. The first-order valence-corrected chi connectivity index (χ1v) is 5.81. The highest BCUT2D eigenvalue weighted by Gasteiger charge is 2.06. The van der Waals surface area contributed by atoms with Crippen LogP contribution in [0.4, 0.5) is 5.69 Å². The van der Waals surface area contributed by atoms with Crippen LogP contribution in [0.2, 0.25) is 5.02 Å². The number of ether oxygens (including phenoxy) is 1. The average Bonchev–Trinajstić information content (AvgIpc) is 2.25. The summed E-state index contributed by atoms with van der Waals surface area (Å²) in [6.45, 7) is 4.64. The molecule has 0 atom stereocenters. The number of nitrogens with two attached hydrogens (primary N) is 1. The lowest BCUT2D eigenvalue weighted by atomic mass is 10.2. The van der Waals surface area contributed by atoms with Crippen LogP contribution < -0.4 is 15.8 Å². The van der Waals surface area contributed by atoms with Gasteiger partial charge in [-0.1, -0.05) is 25.4 Å². The number of halogens is 1. The van der Waals surface area contributed by atoms with E-state index in [-0.39, 0.29) is 12.5 Å². The predicted octanol–water partition coefficient (Wildman–Crippen LogP) is 2.07. The Bertz CT molecular complexity index is 394. The number of rotatable bonds is 5. The quantitative estimate of drug-likeness (QED) is 0.793. The largest absolute Gasteiger partial charge is 0.482 e. The van der Waals surface area contributed by atoms with Crippen molar-refractivity contribution in [1.82, 2.24) is 5.32 Å². The van der Waals surface area contributed by atoms with Crippen molar-refractivity contribution in [2.45, 2.75) is 13.8 Å². The van der Waals surface area contributed by atoms with Crippen molar-refractivity contribution in [3.63, 3.8) is 0 Å². The van der Waals surface area contributed by atoms with E-state index in [1.54, 1.807) is 18.2 Å². The summed E-state index contributed by atoms with van der Waals surface area (Å²) in [5, 5.41) is 3.16. The number of carbonyl (C=O) groups excluding carboxylic acids is 1. The molecule has 0 saturated heterocycles. The number of carbonyl (C=O) groups is 1. The molecule has 0 aliphatic heterocycles. The van der Waals surface area contributed by atoms with Crippen LogP contribution in [0.25, 0.3) is 0 Å². The first kappa shape index (κ1) is 13.6. The van der Waals surface area contributed by atoms with E-state index in [0.29, 0.717) is 28.9 Å². The Hall–Kier alpha value is -1.42. The number of nitrogens with one attached hydrogen (secondary N) is 1. The number of hydrogen-bond donors (Lipinski definition) is 2. The summed E-state index contributed by atoms with van der Waals surface area (Å²) in [7, 11) is 0. The van der Waals surface area contributed by atoms with Gasteiger partial charge in [0.25, 0.3) is 5.91 Å². The summed E-state index contributed by atoms with van der Waals surface area (Å²) < 4.78 is 5.29. The molecule has 0 unspecified atom stereocenters. The molecule has 0 radical (unpaired) electrons. The van der Waals surface area contributed by atoms with E-state index in [1.807, 2.05) is 13.8 Å². The maximum Gasteiger partial charge on any atom is 0.257 e. The van der Waals surface area contributed by atoms with Crippen molar-refractivity contribution in [3.8, 4) is 5.75 Å². The van der Waals surface area contributed by atoms with E-state index in [2.05, 4.69) is 5.32 Å². The second kappa shape index (κ2) is 6.35. The molecule has 0 spiro atoms. The number of amides is 1. The smallest absolute Gasteiger partial charge is 0.257 e. The summed E-state index contributed by atoms with van der Waals surface area (Å²) in [4.78, 5) is 11.4. The Morgan fingerprint density at radius 2 is 2.24 bits per heavy atom. The molecule has 0 heterocycles. The molecule has 0 fully saturated rings. The second-order valence-corrected chi connectivity index (χ2v) is 4.58. The van der Waals surface area contributed by atoms with Crippen molar-refractivity contribution in [3.05, 3.63) is 23.2 Å². The number of nitrogen functional groups attached to an aromatic ring is 1. The van der Waals surface area contributed by atoms with Gasteiger partial charge in [0.05, 0.1) is 5.02 Å². The van der Waals surface area contributed by atoms with Gasteiger partial charge >= 0.3 is 0 Å². The summed E-state index contributed by atoms with van der Waals surface area (Å²) in [5.74, 6) is 0.714. The van der Waals surface area contributed by atoms with Crippen LogP contribution in [0.3, 0.4) is 0 Å². The minimum atomic E-state index is -0.161. The molecule has 0 aliphatic rings. The molecule has 17 heavy (non-hydrogen) atoms. The van der Waals surface area contributed by atoms with Gasteiger partial charge in [0, 0.05) is 12.2 Å². The lowest BCUT2D eigenvalue weighted by molar-refractivity contribution is -0.123. The normalized spacial score (nSPS) is 10.4. The molecular weight excluding hydrogens is 240 g/mol. The number of hydrogen-bond acceptors (Lipinski definition) is 3. The first-order valence-electron chi connectivity index (χ1n) is 5.43. The Kier molecular flexibility index (Phi) is 5.10. The van der Waals surface area contributed by atoms with Crippen molar-refractivity contribution in [2.24, 2.45) is 5.92 Å². The molecule has 0 aromatic heterocycles. The molecule has 0 bridgehead atoms. The molecule has 94 valence electrons. The molecule has 1 aromatic rings. The minimum absolute atomic E-state index is 0.0453. The SMILES string of the molecule is CC(C)CNC(=O)COc1ccc(N)cc1Cl. The summed E-state index contributed by atoms with van der Waals surface area (Å²) in [6.07, 6.45) is 0. The van der Waals surface area contributed by atoms with Crippen LogP contribution in [0.1, 0.15) is 13.8 Å². The summed E-state index contributed by atoms with van der Waals surface area (Å²) >= 11 is 5.90. The monoisotopic (exact) mass is 256 g/mol. The third-order valence-electron chi connectivity index (χ3n) is 2.02. The molecule has 1 amide bonds. The van der Waals surface area contributed by atoms with E-state index >= 15 is 0 Å². The number of benzene rings is 1. The molecule has 5 heteroatoms. The minimum Gasteiger partial charge on any atom is -0.482 e. The van der Waals surface area contributed by atoms with E-state index in [0.717, 1.165) is 0 Å².